The van der Waals surface area contributed by atoms with Crippen LogP contribution in [0.3, 0.4) is 0 Å². The molecule has 0 bridgehead atoms. The molecule has 116 valence electrons. The van der Waals surface area contributed by atoms with Gasteiger partial charge in [-0.05, 0) is 24.3 Å². The minimum atomic E-state index is -0.387. The molecule has 2 aromatic heterocycles. The summed E-state index contributed by atoms with van der Waals surface area (Å²) in [6.45, 7) is 0. The van der Waals surface area contributed by atoms with Crippen LogP contribution in [0, 0.1) is 5.82 Å². The van der Waals surface area contributed by atoms with Gasteiger partial charge in [0, 0.05) is 25.4 Å². The van der Waals surface area contributed by atoms with Crippen molar-refractivity contribution >= 4 is 11.7 Å². The van der Waals surface area contributed by atoms with E-state index in [9.17, 15) is 9.18 Å². The van der Waals surface area contributed by atoms with Crippen molar-refractivity contribution in [3.05, 3.63) is 66.4 Å². The van der Waals surface area contributed by atoms with E-state index in [4.69, 9.17) is 4.74 Å². The number of amides is 1. The summed E-state index contributed by atoms with van der Waals surface area (Å²) < 4.78 is 20.1. The predicted octanol–water partition coefficient (Wildman–Crippen LogP) is 3.00. The number of nitrogens with one attached hydrogen (secondary N) is 1. The first-order valence-electron chi connectivity index (χ1n) is 6.80. The van der Waals surface area contributed by atoms with Crippen molar-refractivity contribution in [1.82, 2.24) is 14.8 Å². The third kappa shape index (κ3) is 3.70. The smallest absolute Gasteiger partial charge is 0.275 e. The quantitative estimate of drug-likeness (QED) is 0.804. The molecular formula is C16H13FN4O2. The van der Waals surface area contributed by atoms with Gasteiger partial charge in [-0.2, -0.15) is 5.10 Å². The molecule has 23 heavy (non-hydrogen) atoms. The SMILES string of the molecule is Cn1ccc(NC(=O)c2ccc(Oc3cccc(F)c3)cn2)n1. The standard InChI is InChI=1S/C16H13FN4O2/c1-21-8-7-15(20-21)19-16(22)14-6-5-13(10-18-14)23-12-4-2-3-11(17)9-12/h2-10H,1H3,(H,19,20,22). The van der Waals surface area contributed by atoms with Gasteiger partial charge in [0.2, 0.25) is 0 Å². The predicted molar refractivity (Wildman–Crippen MR) is 81.9 cm³/mol. The monoisotopic (exact) mass is 312 g/mol. The van der Waals surface area contributed by atoms with Gasteiger partial charge in [-0.15, -0.1) is 0 Å². The number of anilines is 1. The van der Waals surface area contributed by atoms with Crippen molar-refractivity contribution in [2.75, 3.05) is 5.32 Å². The van der Waals surface area contributed by atoms with Crippen LogP contribution in [-0.2, 0) is 7.05 Å². The minimum Gasteiger partial charge on any atom is -0.456 e. The van der Waals surface area contributed by atoms with Crippen LogP contribution in [0.2, 0.25) is 0 Å². The Morgan fingerprint density at radius 2 is 2.09 bits per heavy atom. The van der Waals surface area contributed by atoms with Crippen LogP contribution in [0.25, 0.3) is 0 Å². The average Bonchev–Trinajstić information content (AvgIpc) is 2.93. The minimum absolute atomic E-state index is 0.224. The lowest BCUT2D eigenvalue weighted by atomic mass is 10.3. The number of carbonyl (C=O) groups excluding carboxylic acids is 1. The molecule has 0 saturated carbocycles. The molecule has 3 rings (SSSR count). The lowest BCUT2D eigenvalue weighted by Gasteiger charge is -2.06. The summed E-state index contributed by atoms with van der Waals surface area (Å²) in [6, 6.07) is 10.6. The average molecular weight is 312 g/mol. The van der Waals surface area contributed by atoms with Gasteiger partial charge in [0.15, 0.2) is 5.82 Å². The fourth-order valence-corrected chi connectivity index (χ4v) is 1.90. The second-order valence-corrected chi connectivity index (χ2v) is 4.77. The highest BCUT2D eigenvalue weighted by Crippen LogP contribution is 2.21. The Kier molecular flexibility index (Phi) is 4.01. The molecule has 1 aromatic carbocycles. The van der Waals surface area contributed by atoms with Gasteiger partial charge in [-0.25, -0.2) is 9.37 Å². The van der Waals surface area contributed by atoms with Gasteiger partial charge in [0.25, 0.3) is 5.91 Å². The van der Waals surface area contributed by atoms with E-state index in [0.29, 0.717) is 17.3 Å². The highest BCUT2D eigenvalue weighted by atomic mass is 19.1. The molecule has 0 saturated heterocycles. The van der Waals surface area contributed by atoms with Gasteiger partial charge < -0.3 is 10.1 Å². The van der Waals surface area contributed by atoms with Crippen LogP contribution < -0.4 is 10.1 Å². The van der Waals surface area contributed by atoms with Crippen LogP contribution in [0.1, 0.15) is 10.5 Å². The first-order valence-corrected chi connectivity index (χ1v) is 6.80. The third-order valence-electron chi connectivity index (χ3n) is 2.96. The van der Waals surface area contributed by atoms with Crippen LogP contribution in [0.15, 0.2) is 54.9 Å². The number of hydrogen-bond donors (Lipinski definition) is 1. The molecule has 2 heterocycles. The zero-order valence-corrected chi connectivity index (χ0v) is 12.2. The number of carbonyl (C=O) groups is 1. The summed E-state index contributed by atoms with van der Waals surface area (Å²) in [4.78, 5) is 16.1. The molecule has 0 aliphatic carbocycles. The summed E-state index contributed by atoms with van der Waals surface area (Å²) in [7, 11) is 1.76. The molecule has 0 spiro atoms. The molecular weight excluding hydrogens is 299 g/mol. The Balaban J connectivity index is 1.68. The van der Waals surface area contributed by atoms with Gasteiger partial charge in [0.05, 0.1) is 6.20 Å². The molecule has 3 aromatic rings. The first kappa shape index (κ1) is 14.7. The second-order valence-electron chi connectivity index (χ2n) is 4.77. The zero-order valence-electron chi connectivity index (χ0n) is 12.2. The molecule has 0 atom stereocenters. The summed E-state index contributed by atoms with van der Waals surface area (Å²) in [5.74, 6) is 0.449. The van der Waals surface area contributed by atoms with E-state index in [1.807, 2.05) is 0 Å². The molecule has 0 aliphatic rings. The Morgan fingerprint density at radius 1 is 1.22 bits per heavy atom. The maximum absolute atomic E-state index is 13.1. The van der Waals surface area contributed by atoms with E-state index in [1.54, 1.807) is 42.2 Å². The van der Waals surface area contributed by atoms with E-state index in [1.165, 1.54) is 24.4 Å². The molecule has 6 nitrogen and oxygen atoms in total. The van der Waals surface area contributed by atoms with Crippen molar-refractivity contribution < 1.29 is 13.9 Å². The summed E-state index contributed by atoms with van der Waals surface area (Å²) in [5, 5.41) is 6.69. The van der Waals surface area contributed by atoms with Gasteiger partial charge in [0.1, 0.15) is 23.0 Å². The lowest BCUT2D eigenvalue weighted by Crippen LogP contribution is -2.14. The van der Waals surface area contributed by atoms with Crippen molar-refractivity contribution in [1.29, 1.82) is 0 Å². The fraction of sp³-hybridized carbons (Fsp3) is 0.0625. The van der Waals surface area contributed by atoms with Gasteiger partial charge in [-0.1, -0.05) is 6.07 Å². The summed E-state index contributed by atoms with van der Waals surface area (Å²) in [5.41, 5.74) is 0.224. The number of nitrogens with zero attached hydrogens (tertiary/aromatic N) is 3. The van der Waals surface area contributed by atoms with E-state index >= 15 is 0 Å². The molecule has 0 aliphatic heterocycles. The Morgan fingerprint density at radius 3 is 2.74 bits per heavy atom. The normalized spacial score (nSPS) is 10.3. The fourth-order valence-electron chi connectivity index (χ4n) is 1.90. The lowest BCUT2D eigenvalue weighted by molar-refractivity contribution is 0.102. The number of rotatable bonds is 4. The number of ether oxygens (including phenoxy) is 1. The molecule has 0 fully saturated rings. The van der Waals surface area contributed by atoms with Crippen LogP contribution in [0.4, 0.5) is 10.2 Å². The third-order valence-corrected chi connectivity index (χ3v) is 2.96. The zero-order chi connectivity index (χ0) is 16.2. The van der Waals surface area contributed by atoms with E-state index < -0.39 is 0 Å². The van der Waals surface area contributed by atoms with Crippen molar-refractivity contribution in [2.24, 2.45) is 7.05 Å². The molecule has 0 unspecified atom stereocenters. The maximum Gasteiger partial charge on any atom is 0.275 e. The highest BCUT2D eigenvalue weighted by Gasteiger charge is 2.09. The number of hydrogen-bond acceptors (Lipinski definition) is 4. The number of benzene rings is 1. The Bertz CT molecular complexity index is 830. The topological polar surface area (TPSA) is 69.0 Å². The second kappa shape index (κ2) is 6.27. The van der Waals surface area contributed by atoms with Gasteiger partial charge >= 0.3 is 0 Å². The van der Waals surface area contributed by atoms with Gasteiger partial charge in [-0.3, -0.25) is 9.48 Å². The van der Waals surface area contributed by atoms with Crippen molar-refractivity contribution in [2.45, 2.75) is 0 Å². The summed E-state index contributed by atoms with van der Waals surface area (Å²) >= 11 is 0. The van der Waals surface area contributed by atoms with Crippen LogP contribution >= 0.6 is 0 Å². The Hall–Kier alpha value is -3.22. The first-order chi connectivity index (χ1) is 11.1. The van der Waals surface area contributed by atoms with Crippen LogP contribution in [-0.4, -0.2) is 20.7 Å². The highest BCUT2D eigenvalue weighted by molar-refractivity contribution is 6.02. The number of halogens is 1. The molecule has 0 radical (unpaired) electrons. The van der Waals surface area contributed by atoms with E-state index in [2.05, 4.69) is 15.4 Å². The molecule has 1 N–H and O–H groups in total. The maximum atomic E-state index is 13.1. The number of aryl methyl sites for hydroxylation is 1. The number of pyridine rings is 1. The van der Waals surface area contributed by atoms with Crippen molar-refractivity contribution in [3.8, 4) is 11.5 Å². The van der Waals surface area contributed by atoms with Crippen molar-refractivity contribution in [3.63, 3.8) is 0 Å². The number of aromatic nitrogens is 3. The van der Waals surface area contributed by atoms with E-state index in [0.717, 1.165) is 0 Å². The molecule has 7 heteroatoms. The van der Waals surface area contributed by atoms with E-state index in [-0.39, 0.29) is 17.4 Å². The largest absolute Gasteiger partial charge is 0.456 e. The molecule has 1 amide bonds. The Labute approximate surface area is 131 Å². The summed E-state index contributed by atoms with van der Waals surface area (Å²) in [6.07, 6.45) is 3.12. The van der Waals surface area contributed by atoms with Crippen LogP contribution in [0.5, 0.6) is 11.5 Å².